The summed E-state index contributed by atoms with van der Waals surface area (Å²) in [7, 11) is 4.72. The van der Waals surface area contributed by atoms with Gasteiger partial charge in [-0.1, -0.05) is 0 Å². The molecule has 9 heteroatoms. The van der Waals surface area contributed by atoms with E-state index in [0.717, 1.165) is 15.6 Å². The Balaban J connectivity index is 1.69. The smallest absolute Gasteiger partial charge is 0.289 e. The number of carbonyl (C=O) groups is 1. The zero-order valence-electron chi connectivity index (χ0n) is 16.0. The van der Waals surface area contributed by atoms with Crippen molar-refractivity contribution >= 4 is 28.1 Å². The number of amides is 1. The third kappa shape index (κ3) is 4.75. The number of hydrogen-bond donors (Lipinski definition) is 2. The van der Waals surface area contributed by atoms with Gasteiger partial charge in [0.25, 0.3) is 5.91 Å². The average molecular weight is 459 g/mol. The maximum Gasteiger partial charge on any atom is 0.289 e. The topological polar surface area (TPSA) is 97.8 Å². The second-order valence-corrected chi connectivity index (χ2v) is 6.68. The summed E-state index contributed by atoms with van der Waals surface area (Å²) in [5, 5.41) is 10.9. The molecule has 3 aromatic rings. The second-order valence-electron chi connectivity index (χ2n) is 5.83. The lowest BCUT2D eigenvalue weighted by molar-refractivity contribution is 0.0950. The van der Waals surface area contributed by atoms with Crippen LogP contribution < -0.4 is 19.6 Å². The monoisotopic (exact) mass is 458 g/mol. The molecular weight excluding hydrogens is 440 g/mol. The molecule has 0 spiro atoms. The van der Waals surface area contributed by atoms with E-state index < -0.39 is 5.91 Å². The average Bonchev–Trinajstić information content (AvgIpc) is 3.23. The molecule has 0 aliphatic heterocycles. The van der Waals surface area contributed by atoms with Crippen molar-refractivity contribution < 1.29 is 19.0 Å². The van der Waals surface area contributed by atoms with E-state index in [4.69, 9.17) is 14.2 Å². The van der Waals surface area contributed by atoms with E-state index in [9.17, 15) is 4.79 Å². The number of hydrazone groups is 1. The van der Waals surface area contributed by atoms with Gasteiger partial charge in [0.1, 0.15) is 11.4 Å². The predicted molar refractivity (Wildman–Crippen MR) is 113 cm³/mol. The van der Waals surface area contributed by atoms with Gasteiger partial charge in [-0.2, -0.15) is 10.2 Å². The Labute approximate surface area is 176 Å². The van der Waals surface area contributed by atoms with Crippen LogP contribution in [0.4, 0.5) is 0 Å². The van der Waals surface area contributed by atoms with Crippen LogP contribution in [-0.2, 0) is 0 Å². The van der Waals surface area contributed by atoms with Gasteiger partial charge in [0, 0.05) is 5.56 Å². The number of H-pyrrole nitrogens is 1. The van der Waals surface area contributed by atoms with Gasteiger partial charge in [0.2, 0.25) is 0 Å². The maximum atomic E-state index is 12.3. The Kier molecular flexibility index (Phi) is 6.50. The molecule has 3 rings (SSSR count). The van der Waals surface area contributed by atoms with Crippen LogP contribution in [-0.4, -0.2) is 43.6 Å². The van der Waals surface area contributed by atoms with Crippen LogP contribution in [0.3, 0.4) is 0 Å². The molecule has 0 atom stereocenters. The molecule has 0 bridgehead atoms. The summed E-state index contributed by atoms with van der Waals surface area (Å²) in [6, 6.07) is 12.5. The molecule has 0 saturated heterocycles. The van der Waals surface area contributed by atoms with Crippen LogP contribution in [0.25, 0.3) is 11.3 Å². The first-order chi connectivity index (χ1) is 14.0. The highest BCUT2D eigenvalue weighted by atomic mass is 79.9. The number of rotatable bonds is 7. The van der Waals surface area contributed by atoms with E-state index in [2.05, 4.69) is 36.7 Å². The quantitative estimate of drug-likeness (QED) is 0.416. The molecular formula is C20H19BrN4O4. The summed E-state index contributed by atoms with van der Waals surface area (Å²) in [4.78, 5) is 12.3. The van der Waals surface area contributed by atoms with Crippen LogP contribution in [0.5, 0.6) is 17.2 Å². The van der Waals surface area contributed by atoms with Crippen LogP contribution in [0.15, 0.2) is 52.0 Å². The number of aromatic amines is 1. The summed E-state index contributed by atoms with van der Waals surface area (Å²) in [6.07, 6.45) is 1.54. The van der Waals surface area contributed by atoms with Gasteiger partial charge in [-0.25, -0.2) is 5.43 Å². The molecule has 0 saturated carbocycles. The van der Waals surface area contributed by atoms with Crippen molar-refractivity contribution in [1.82, 2.24) is 15.6 Å². The van der Waals surface area contributed by atoms with Crippen LogP contribution >= 0.6 is 15.9 Å². The fourth-order valence-corrected chi connectivity index (χ4v) is 3.13. The summed E-state index contributed by atoms with van der Waals surface area (Å²) in [5.41, 5.74) is 4.93. The first-order valence-electron chi connectivity index (χ1n) is 8.50. The highest BCUT2D eigenvalue weighted by Gasteiger charge is 2.12. The fraction of sp³-hybridized carbons (Fsp3) is 0.150. The molecule has 150 valence electrons. The summed E-state index contributed by atoms with van der Waals surface area (Å²) in [6.45, 7) is 0. The Morgan fingerprint density at radius 3 is 2.45 bits per heavy atom. The number of nitrogens with zero attached hydrogens (tertiary/aromatic N) is 2. The Morgan fingerprint density at radius 1 is 1.03 bits per heavy atom. The lowest BCUT2D eigenvalue weighted by Crippen LogP contribution is -2.18. The number of halogens is 1. The lowest BCUT2D eigenvalue weighted by Gasteiger charge is -2.08. The van der Waals surface area contributed by atoms with Crippen molar-refractivity contribution in [2.24, 2.45) is 5.10 Å². The van der Waals surface area contributed by atoms with Crippen molar-refractivity contribution in [3.63, 3.8) is 0 Å². The third-order valence-electron chi connectivity index (χ3n) is 4.06. The molecule has 1 amide bonds. The molecule has 0 radical (unpaired) electrons. The SMILES string of the molecule is COc1ccc(/C=N\NC(=O)c2cc(-c3ccc(OC)c(OC)c3)n[nH]2)cc1Br. The Morgan fingerprint density at radius 2 is 1.76 bits per heavy atom. The second kappa shape index (κ2) is 9.24. The number of hydrogen-bond acceptors (Lipinski definition) is 6. The van der Waals surface area contributed by atoms with Gasteiger partial charge in [0.05, 0.1) is 37.7 Å². The normalized spacial score (nSPS) is 10.8. The number of ether oxygens (including phenoxy) is 3. The van der Waals surface area contributed by atoms with E-state index in [0.29, 0.717) is 22.9 Å². The molecule has 0 aliphatic rings. The minimum atomic E-state index is -0.409. The van der Waals surface area contributed by atoms with Crippen molar-refractivity contribution in [3.8, 4) is 28.5 Å². The number of benzene rings is 2. The minimum Gasteiger partial charge on any atom is -0.496 e. The minimum absolute atomic E-state index is 0.280. The molecule has 1 aromatic heterocycles. The van der Waals surface area contributed by atoms with Gasteiger partial charge in [-0.3, -0.25) is 9.89 Å². The fourth-order valence-electron chi connectivity index (χ4n) is 2.57. The molecule has 0 fully saturated rings. The number of nitrogens with one attached hydrogen (secondary N) is 2. The highest BCUT2D eigenvalue weighted by molar-refractivity contribution is 9.10. The molecule has 1 heterocycles. The Bertz CT molecular complexity index is 1050. The van der Waals surface area contributed by atoms with Gasteiger partial charge >= 0.3 is 0 Å². The summed E-state index contributed by atoms with van der Waals surface area (Å²) >= 11 is 3.40. The van der Waals surface area contributed by atoms with Crippen LogP contribution in [0, 0.1) is 0 Å². The number of methoxy groups -OCH3 is 3. The summed E-state index contributed by atoms with van der Waals surface area (Å²) in [5.74, 6) is 1.50. The molecule has 0 aliphatic carbocycles. The zero-order valence-corrected chi connectivity index (χ0v) is 17.6. The lowest BCUT2D eigenvalue weighted by atomic mass is 10.1. The van der Waals surface area contributed by atoms with Crippen LogP contribution in [0.2, 0.25) is 0 Å². The van der Waals surface area contributed by atoms with E-state index in [1.165, 1.54) is 6.21 Å². The Hall–Kier alpha value is -3.33. The number of carbonyl (C=O) groups excluding carboxylic acids is 1. The molecule has 2 N–H and O–H groups in total. The van der Waals surface area contributed by atoms with Gasteiger partial charge < -0.3 is 14.2 Å². The van der Waals surface area contributed by atoms with Crippen LogP contribution in [0.1, 0.15) is 16.1 Å². The zero-order chi connectivity index (χ0) is 20.8. The molecule has 8 nitrogen and oxygen atoms in total. The highest BCUT2D eigenvalue weighted by Crippen LogP contribution is 2.31. The number of aromatic nitrogens is 2. The maximum absolute atomic E-state index is 12.3. The first-order valence-corrected chi connectivity index (χ1v) is 9.29. The van der Waals surface area contributed by atoms with Crippen molar-refractivity contribution in [2.45, 2.75) is 0 Å². The van der Waals surface area contributed by atoms with Gasteiger partial charge in [-0.15, -0.1) is 0 Å². The van der Waals surface area contributed by atoms with E-state index in [-0.39, 0.29) is 5.69 Å². The summed E-state index contributed by atoms with van der Waals surface area (Å²) < 4.78 is 16.5. The predicted octanol–water partition coefficient (Wildman–Crippen LogP) is 3.63. The van der Waals surface area contributed by atoms with Gasteiger partial charge in [0.15, 0.2) is 11.5 Å². The van der Waals surface area contributed by atoms with E-state index >= 15 is 0 Å². The molecule has 0 unspecified atom stereocenters. The standard InChI is InChI=1S/C20H19BrN4O4/c1-27-17-6-4-12(8-14(17)21)11-22-25-20(26)16-10-15(23-24-16)13-5-7-18(28-2)19(9-13)29-3/h4-11H,1-3H3,(H,23,24)(H,25,26)/b22-11-. The van der Waals surface area contributed by atoms with Crippen molar-refractivity contribution in [1.29, 1.82) is 0 Å². The van der Waals surface area contributed by atoms with E-state index in [1.54, 1.807) is 45.6 Å². The van der Waals surface area contributed by atoms with Gasteiger partial charge in [-0.05, 0) is 64.0 Å². The van der Waals surface area contributed by atoms with Crippen molar-refractivity contribution in [3.05, 3.63) is 58.2 Å². The first kappa shape index (κ1) is 20.4. The van der Waals surface area contributed by atoms with E-state index in [1.807, 2.05) is 18.2 Å². The third-order valence-corrected chi connectivity index (χ3v) is 4.68. The molecule has 2 aromatic carbocycles. The van der Waals surface area contributed by atoms with Crippen molar-refractivity contribution in [2.75, 3.05) is 21.3 Å². The largest absolute Gasteiger partial charge is 0.496 e. The molecule has 29 heavy (non-hydrogen) atoms.